The van der Waals surface area contributed by atoms with Crippen molar-refractivity contribution in [3.8, 4) is 11.5 Å². The maximum atomic E-state index is 13.2. The average molecular weight is 300 g/mol. The van der Waals surface area contributed by atoms with Gasteiger partial charge in [0.15, 0.2) is 5.75 Å². The molecule has 2 rings (SSSR count). The van der Waals surface area contributed by atoms with Crippen molar-refractivity contribution in [1.29, 1.82) is 0 Å². The summed E-state index contributed by atoms with van der Waals surface area (Å²) in [6.45, 7) is 0. The Hall–Kier alpha value is -1.62. The lowest BCUT2D eigenvalue weighted by atomic mass is 10.3. The van der Waals surface area contributed by atoms with Gasteiger partial charge in [-0.1, -0.05) is 6.07 Å². The third kappa shape index (κ3) is 2.55. The Morgan fingerprint density at radius 3 is 2.53 bits per heavy atom. The van der Waals surface area contributed by atoms with E-state index in [9.17, 15) is 8.78 Å². The van der Waals surface area contributed by atoms with Crippen molar-refractivity contribution in [3.63, 3.8) is 0 Å². The molecule has 2 N–H and O–H groups in total. The molecular weight excluding hydrogens is 292 g/mol. The van der Waals surface area contributed by atoms with Crippen molar-refractivity contribution in [2.75, 3.05) is 5.73 Å². The molecular formula is C12H8BrF2NO. The minimum Gasteiger partial charge on any atom is -0.455 e. The highest BCUT2D eigenvalue weighted by atomic mass is 79.9. The van der Waals surface area contributed by atoms with Crippen molar-refractivity contribution >= 4 is 21.6 Å². The van der Waals surface area contributed by atoms with E-state index in [1.807, 2.05) is 0 Å². The Bertz CT molecular complexity index is 560. The van der Waals surface area contributed by atoms with Crippen LogP contribution < -0.4 is 10.5 Å². The van der Waals surface area contributed by atoms with Crippen LogP contribution in [-0.4, -0.2) is 0 Å². The molecule has 2 aromatic carbocycles. The summed E-state index contributed by atoms with van der Waals surface area (Å²) in [5, 5.41) is 0. The second kappa shape index (κ2) is 4.71. The number of anilines is 1. The Morgan fingerprint density at radius 1 is 1.06 bits per heavy atom. The molecule has 0 atom stereocenters. The van der Waals surface area contributed by atoms with Crippen LogP contribution in [0.15, 0.2) is 40.9 Å². The van der Waals surface area contributed by atoms with Crippen LogP contribution in [0.2, 0.25) is 0 Å². The van der Waals surface area contributed by atoms with Crippen molar-refractivity contribution < 1.29 is 13.5 Å². The van der Waals surface area contributed by atoms with Crippen molar-refractivity contribution in [3.05, 3.63) is 52.5 Å². The smallest absolute Gasteiger partial charge is 0.153 e. The molecule has 0 unspecified atom stereocenters. The molecule has 88 valence electrons. The van der Waals surface area contributed by atoms with Crippen LogP contribution in [-0.2, 0) is 0 Å². The fraction of sp³-hybridized carbons (Fsp3) is 0. The van der Waals surface area contributed by atoms with E-state index < -0.39 is 11.6 Å². The van der Waals surface area contributed by atoms with Crippen LogP contribution in [0.25, 0.3) is 0 Å². The molecule has 0 heterocycles. The molecule has 0 saturated heterocycles. The molecule has 2 nitrogen and oxygen atoms in total. The van der Waals surface area contributed by atoms with Crippen molar-refractivity contribution in [2.45, 2.75) is 0 Å². The molecule has 0 aliphatic heterocycles. The minimum atomic E-state index is -0.569. The quantitative estimate of drug-likeness (QED) is 0.847. The van der Waals surface area contributed by atoms with Crippen LogP contribution in [0.5, 0.6) is 11.5 Å². The van der Waals surface area contributed by atoms with Gasteiger partial charge in [-0.25, -0.2) is 8.78 Å². The zero-order chi connectivity index (χ0) is 12.4. The van der Waals surface area contributed by atoms with E-state index in [0.717, 1.165) is 0 Å². The summed E-state index contributed by atoms with van der Waals surface area (Å²) >= 11 is 3.03. The van der Waals surface area contributed by atoms with E-state index in [0.29, 0.717) is 4.47 Å². The highest BCUT2D eigenvalue weighted by molar-refractivity contribution is 9.10. The van der Waals surface area contributed by atoms with Crippen molar-refractivity contribution in [1.82, 2.24) is 0 Å². The van der Waals surface area contributed by atoms with Gasteiger partial charge in [0.2, 0.25) is 0 Å². The topological polar surface area (TPSA) is 35.2 Å². The molecule has 0 aliphatic carbocycles. The molecule has 0 aromatic heterocycles. The van der Waals surface area contributed by atoms with Crippen LogP contribution in [0, 0.1) is 11.6 Å². The first kappa shape index (κ1) is 11.9. The molecule has 0 saturated carbocycles. The first-order valence-corrected chi connectivity index (χ1v) is 5.54. The zero-order valence-electron chi connectivity index (χ0n) is 8.58. The van der Waals surface area contributed by atoms with E-state index in [1.54, 1.807) is 6.07 Å². The predicted molar refractivity (Wildman–Crippen MR) is 65.0 cm³/mol. The molecule has 17 heavy (non-hydrogen) atoms. The van der Waals surface area contributed by atoms with E-state index >= 15 is 0 Å². The number of hydrogen-bond donors (Lipinski definition) is 1. The summed E-state index contributed by atoms with van der Waals surface area (Å²) in [7, 11) is 0. The molecule has 0 spiro atoms. The van der Waals surface area contributed by atoms with Crippen LogP contribution in [0.1, 0.15) is 0 Å². The Balaban J connectivity index is 2.31. The average Bonchev–Trinajstić information content (AvgIpc) is 2.30. The second-order valence-corrected chi connectivity index (χ2v) is 4.18. The van der Waals surface area contributed by atoms with E-state index in [2.05, 4.69) is 15.9 Å². The summed E-state index contributed by atoms with van der Waals surface area (Å²) in [6, 6.07) is 8.45. The number of nitrogens with two attached hydrogens (primary N) is 1. The fourth-order valence-corrected chi connectivity index (χ4v) is 1.52. The lowest BCUT2D eigenvalue weighted by Crippen LogP contribution is -1.95. The third-order valence-electron chi connectivity index (χ3n) is 2.13. The SMILES string of the molecule is Nc1c(F)cccc1Oc1ccc(Br)c(F)c1. The van der Waals surface area contributed by atoms with Gasteiger partial charge in [-0.05, 0) is 40.2 Å². The number of hydrogen-bond acceptors (Lipinski definition) is 2. The third-order valence-corrected chi connectivity index (χ3v) is 2.77. The number of halogens is 3. The summed E-state index contributed by atoms with van der Waals surface area (Å²) in [5.74, 6) is -0.618. The Kier molecular flexibility index (Phi) is 3.28. The number of ether oxygens (including phenoxy) is 1. The number of rotatable bonds is 2. The Morgan fingerprint density at radius 2 is 1.82 bits per heavy atom. The maximum absolute atomic E-state index is 13.2. The summed E-state index contributed by atoms with van der Waals surface area (Å²) in [5.41, 5.74) is 5.39. The van der Waals surface area contributed by atoms with Crippen LogP contribution in [0.3, 0.4) is 0 Å². The number of nitrogen functional groups attached to an aromatic ring is 1. The highest BCUT2D eigenvalue weighted by Crippen LogP contribution is 2.30. The van der Waals surface area contributed by atoms with E-state index in [1.165, 1.54) is 30.3 Å². The van der Waals surface area contributed by atoms with Crippen LogP contribution >= 0.6 is 15.9 Å². The van der Waals surface area contributed by atoms with Gasteiger partial charge in [-0.2, -0.15) is 0 Å². The molecule has 5 heteroatoms. The Labute approximate surface area is 105 Å². The molecule has 0 bridgehead atoms. The standard InChI is InChI=1S/C12H8BrF2NO/c13-8-5-4-7(6-10(8)15)17-11-3-1-2-9(14)12(11)16/h1-6H,16H2. The predicted octanol–water partition coefficient (Wildman–Crippen LogP) is 4.10. The van der Waals surface area contributed by atoms with Gasteiger partial charge < -0.3 is 10.5 Å². The van der Waals surface area contributed by atoms with Gasteiger partial charge >= 0.3 is 0 Å². The lowest BCUT2D eigenvalue weighted by molar-refractivity contribution is 0.474. The van der Waals surface area contributed by atoms with Crippen LogP contribution in [0.4, 0.5) is 14.5 Å². The first-order valence-electron chi connectivity index (χ1n) is 4.75. The zero-order valence-corrected chi connectivity index (χ0v) is 10.2. The molecule has 0 fully saturated rings. The largest absolute Gasteiger partial charge is 0.455 e. The van der Waals surface area contributed by atoms with Gasteiger partial charge in [0, 0.05) is 6.07 Å². The van der Waals surface area contributed by atoms with E-state index in [4.69, 9.17) is 10.5 Å². The monoisotopic (exact) mass is 299 g/mol. The van der Waals surface area contributed by atoms with Gasteiger partial charge in [0.05, 0.1) is 4.47 Å². The van der Waals surface area contributed by atoms with Gasteiger partial charge in [0.25, 0.3) is 0 Å². The number of benzene rings is 2. The van der Waals surface area contributed by atoms with Crippen molar-refractivity contribution in [2.24, 2.45) is 0 Å². The van der Waals surface area contributed by atoms with Gasteiger partial charge in [0.1, 0.15) is 23.1 Å². The van der Waals surface area contributed by atoms with E-state index in [-0.39, 0.29) is 17.2 Å². The summed E-state index contributed by atoms with van der Waals surface area (Å²) < 4.78 is 32.0. The lowest BCUT2D eigenvalue weighted by Gasteiger charge is -2.09. The maximum Gasteiger partial charge on any atom is 0.153 e. The first-order chi connectivity index (χ1) is 8.08. The summed E-state index contributed by atoms with van der Waals surface area (Å²) in [4.78, 5) is 0. The van der Waals surface area contributed by atoms with Gasteiger partial charge in [-0.15, -0.1) is 0 Å². The second-order valence-electron chi connectivity index (χ2n) is 3.33. The molecule has 2 aromatic rings. The molecule has 0 amide bonds. The number of para-hydroxylation sites is 1. The highest BCUT2D eigenvalue weighted by Gasteiger charge is 2.08. The molecule has 0 aliphatic rings. The summed E-state index contributed by atoms with van der Waals surface area (Å²) in [6.07, 6.45) is 0. The minimum absolute atomic E-state index is 0.101. The normalized spacial score (nSPS) is 10.3. The fourth-order valence-electron chi connectivity index (χ4n) is 1.27. The van der Waals surface area contributed by atoms with Gasteiger partial charge in [-0.3, -0.25) is 0 Å². The molecule has 0 radical (unpaired) electrons.